The summed E-state index contributed by atoms with van der Waals surface area (Å²) in [7, 11) is 0. The zero-order valence-corrected chi connectivity index (χ0v) is 15.2. The molecule has 1 aromatic heterocycles. The number of para-hydroxylation sites is 1. The molecule has 0 radical (unpaired) electrons. The van der Waals surface area contributed by atoms with E-state index in [4.69, 9.17) is 4.42 Å². The molecule has 1 N–H and O–H groups in total. The molecule has 1 saturated heterocycles. The van der Waals surface area contributed by atoms with Crippen LogP contribution in [0.2, 0.25) is 0 Å². The first-order valence-electron chi connectivity index (χ1n) is 9.12. The highest BCUT2D eigenvalue weighted by Gasteiger charge is 2.34. The number of carbonyl (C=O) groups excluding carboxylic acids is 1. The molecule has 134 valence electrons. The number of hydrogen-bond acceptors (Lipinski definition) is 3. The standard InChI is InChI=1S/C22H24N2O2/c1-15-7-9-17(10-8-15)20-13-24(14-21(20)23-16(2)25)12-19-11-18-5-3-4-6-22(18)26-19/h3-11,20-21H,12-14H2,1-2H3,(H,23,25)/t20-,21+/m0/s1. The molecule has 0 saturated carbocycles. The van der Waals surface area contributed by atoms with Crippen LogP contribution in [0.1, 0.15) is 29.7 Å². The molecule has 1 aliphatic heterocycles. The van der Waals surface area contributed by atoms with Crippen molar-refractivity contribution >= 4 is 16.9 Å². The van der Waals surface area contributed by atoms with E-state index in [9.17, 15) is 4.79 Å². The van der Waals surface area contributed by atoms with Gasteiger partial charge in [0.2, 0.25) is 5.91 Å². The van der Waals surface area contributed by atoms with Gasteiger partial charge in [-0.25, -0.2) is 0 Å². The fraction of sp³-hybridized carbons (Fsp3) is 0.318. The van der Waals surface area contributed by atoms with E-state index >= 15 is 0 Å². The van der Waals surface area contributed by atoms with E-state index < -0.39 is 0 Å². The van der Waals surface area contributed by atoms with Crippen LogP contribution in [0.15, 0.2) is 59.0 Å². The van der Waals surface area contributed by atoms with Gasteiger partial charge in [-0.3, -0.25) is 9.69 Å². The normalized spacial score (nSPS) is 20.5. The molecule has 1 aliphatic rings. The number of furan rings is 1. The van der Waals surface area contributed by atoms with Gasteiger partial charge >= 0.3 is 0 Å². The maximum atomic E-state index is 11.7. The molecule has 1 amide bonds. The van der Waals surface area contributed by atoms with E-state index in [2.05, 4.69) is 53.5 Å². The van der Waals surface area contributed by atoms with Crippen LogP contribution in [0.4, 0.5) is 0 Å². The van der Waals surface area contributed by atoms with E-state index in [1.807, 2.05) is 18.2 Å². The van der Waals surface area contributed by atoms with E-state index in [0.29, 0.717) is 5.92 Å². The van der Waals surface area contributed by atoms with Gasteiger partial charge in [-0.2, -0.15) is 0 Å². The zero-order chi connectivity index (χ0) is 18.1. The van der Waals surface area contributed by atoms with Crippen LogP contribution in [-0.2, 0) is 11.3 Å². The number of amides is 1. The van der Waals surface area contributed by atoms with Gasteiger partial charge in [0, 0.05) is 37.4 Å². The number of rotatable bonds is 4. The Morgan fingerprint density at radius 2 is 1.92 bits per heavy atom. The zero-order valence-electron chi connectivity index (χ0n) is 15.2. The van der Waals surface area contributed by atoms with Crippen LogP contribution in [0.25, 0.3) is 11.0 Å². The molecule has 26 heavy (non-hydrogen) atoms. The summed E-state index contributed by atoms with van der Waals surface area (Å²) >= 11 is 0. The lowest BCUT2D eigenvalue weighted by Crippen LogP contribution is -2.38. The monoisotopic (exact) mass is 348 g/mol. The maximum Gasteiger partial charge on any atom is 0.217 e. The second-order valence-corrected chi connectivity index (χ2v) is 7.27. The van der Waals surface area contributed by atoms with Crippen molar-refractivity contribution in [3.63, 3.8) is 0 Å². The van der Waals surface area contributed by atoms with Crippen molar-refractivity contribution in [2.24, 2.45) is 0 Å². The predicted octanol–water partition coefficient (Wildman–Crippen LogP) is 3.85. The predicted molar refractivity (Wildman–Crippen MR) is 103 cm³/mol. The fourth-order valence-electron chi connectivity index (χ4n) is 3.91. The summed E-state index contributed by atoms with van der Waals surface area (Å²) in [5.74, 6) is 1.29. The largest absolute Gasteiger partial charge is 0.460 e. The highest BCUT2D eigenvalue weighted by atomic mass is 16.3. The van der Waals surface area contributed by atoms with Crippen LogP contribution in [0, 0.1) is 6.92 Å². The maximum absolute atomic E-state index is 11.7. The molecule has 2 aromatic carbocycles. The molecule has 0 aliphatic carbocycles. The smallest absolute Gasteiger partial charge is 0.217 e. The number of hydrogen-bond donors (Lipinski definition) is 1. The minimum Gasteiger partial charge on any atom is -0.460 e. The third-order valence-corrected chi connectivity index (χ3v) is 5.15. The van der Waals surface area contributed by atoms with Crippen molar-refractivity contribution in [1.82, 2.24) is 10.2 Å². The Kier molecular flexibility index (Phi) is 4.51. The lowest BCUT2D eigenvalue weighted by Gasteiger charge is -2.19. The van der Waals surface area contributed by atoms with Crippen LogP contribution < -0.4 is 5.32 Å². The number of carbonyl (C=O) groups is 1. The van der Waals surface area contributed by atoms with Crippen molar-refractivity contribution in [2.45, 2.75) is 32.4 Å². The second-order valence-electron chi connectivity index (χ2n) is 7.27. The van der Waals surface area contributed by atoms with Gasteiger partial charge in [0.15, 0.2) is 0 Å². The summed E-state index contributed by atoms with van der Waals surface area (Å²) in [5.41, 5.74) is 3.46. The van der Waals surface area contributed by atoms with Gasteiger partial charge in [-0.05, 0) is 24.6 Å². The Hall–Kier alpha value is -2.59. The minimum absolute atomic E-state index is 0.0256. The first-order valence-corrected chi connectivity index (χ1v) is 9.12. The quantitative estimate of drug-likeness (QED) is 0.779. The van der Waals surface area contributed by atoms with E-state index in [-0.39, 0.29) is 11.9 Å². The summed E-state index contributed by atoms with van der Waals surface area (Å²) < 4.78 is 5.97. The van der Waals surface area contributed by atoms with Gasteiger partial charge in [0.05, 0.1) is 6.54 Å². The Balaban J connectivity index is 1.53. The van der Waals surface area contributed by atoms with Crippen molar-refractivity contribution in [2.75, 3.05) is 13.1 Å². The third-order valence-electron chi connectivity index (χ3n) is 5.15. The average Bonchev–Trinajstić information content (AvgIpc) is 3.18. The molecule has 3 aromatic rings. The molecule has 4 rings (SSSR count). The Morgan fingerprint density at radius 1 is 1.15 bits per heavy atom. The lowest BCUT2D eigenvalue weighted by molar-refractivity contribution is -0.119. The third kappa shape index (κ3) is 3.51. The summed E-state index contributed by atoms with van der Waals surface area (Å²) in [6.07, 6.45) is 0. The molecule has 0 spiro atoms. The highest BCUT2D eigenvalue weighted by molar-refractivity contribution is 5.77. The first-order chi connectivity index (χ1) is 12.6. The van der Waals surface area contributed by atoms with Gasteiger partial charge < -0.3 is 9.73 Å². The number of aryl methyl sites for hydroxylation is 1. The van der Waals surface area contributed by atoms with E-state index in [1.165, 1.54) is 11.1 Å². The topological polar surface area (TPSA) is 45.5 Å². The number of fused-ring (bicyclic) bond motifs is 1. The van der Waals surface area contributed by atoms with Crippen LogP contribution >= 0.6 is 0 Å². The number of likely N-dealkylation sites (tertiary alicyclic amines) is 1. The molecule has 2 atom stereocenters. The summed E-state index contributed by atoms with van der Waals surface area (Å²) in [4.78, 5) is 14.0. The Bertz CT molecular complexity index is 880. The van der Waals surface area contributed by atoms with E-state index in [1.54, 1.807) is 6.92 Å². The Morgan fingerprint density at radius 3 is 2.65 bits per heavy atom. The number of benzene rings is 2. The van der Waals surface area contributed by atoms with Crippen molar-refractivity contribution in [3.8, 4) is 0 Å². The summed E-state index contributed by atoms with van der Waals surface area (Å²) in [6, 6.07) is 19.0. The summed E-state index contributed by atoms with van der Waals surface area (Å²) in [5, 5.41) is 4.27. The molecule has 2 heterocycles. The van der Waals surface area contributed by atoms with Gasteiger partial charge in [0.1, 0.15) is 11.3 Å². The number of nitrogens with one attached hydrogen (secondary N) is 1. The van der Waals surface area contributed by atoms with Crippen molar-refractivity contribution < 1.29 is 9.21 Å². The Labute approximate surface area is 153 Å². The van der Waals surface area contributed by atoms with Crippen molar-refractivity contribution in [1.29, 1.82) is 0 Å². The SMILES string of the molecule is CC(=O)N[C@@H]1CN(Cc2cc3ccccc3o2)C[C@H]1c1ccc(C)cc1. The van der Waals surface area contributed by atoms with Crippen molar-refractivity contribution in [3.05, 3.63) is 71.5 Å². The van der Waals surface area contributed by atoms with Gasteiger partial charge in [0.25, 0.3) is 0 Å². The van der Waals surface area contributed by atoms with E-state index in [0.717, 1.165) is 36.4 Å². The minimum atomic E-state index is 0.0256. The second kappa shape index (κ2) is 6.96. The molecule has 4 nitrogen and oxygen atoms in total. The summed E-state index contributed by atoms with van der Waals surface area (Å²) in [6.45, 7) is 6.18. The molecular formula is C22H24N2O2. The average molecular weight is 348 g/mol. The molecule has 1 fully saturated rings. The van der Waals surface area contributed by atoms with Crippen LogP contribution in [0.5, 0.6) is 0 Å². The molecule has 0 unspecified atom stereocenters. The first kappa shape index (κ1) is 16.9. The number of nitrogens with zero attached hydrogens (tertiary/aromatic N) is 1. The lowest BCUT2D eigenvalue weighted by atomic mass is 9.93. The highest BCUT2D eigenvalue weighted by Crippen LogP contribution is 2.30. The van der Waals surface area contributed by atoms with Crippen LogP contribution in [0.3, 0.4) is 0 Å². The molecule has 0 bridgehead atoms. The molecule has 4 heteroatoms. The van der Waals surface area contributed by atoms with Crippen LogP contribution in [-0.4, -0.2) is 29.9 Å². The fourth-order valence-corrected chi connectivity index (χ4v) is 3.91. The molecular weight excluding hydrogens is 324 g/mol. The van der Waals surface area contributed by atoms with Gasteiger partial charge in [-0.15, -0.1) is 0 Å². The van der Waals surface area contributed by atoms with Gasteiger partial charge in [-0.1, -0.05) is 48.0 Å².